The maximum absolute atomic E-state index is 14.0. The molecule has 0 spiro atoms. The van der Waals surface area contributed by atoms with Gasteiger partial charge >= 0.3 is 0 Å². The second-order valence-corrected chi connectivity index (χ2v) is 9.98. The van der Waals surface area contributed by atoms with Crippen molar-refractivity contribution in [3.05, 3.63) is 64.7 Å². The Bertz CT molecular complexity index is 1050. The summed E-state index contributed by atoms with van der Waals surface area (Å²) in [5.74, 6) is -0.0169. The lowest BCUT2D eigenvalue weighted by Crippen LogP contribution is -2.61. The number of hydrogen-bond acceptors (Lipinski definition) is 4. The number of benzene rings is 1. The Morgan fingerprint density at radius 1 is 1.19 bits per heavy atom. The zero-order chi connectivity index (χ0) is 22.5. The highest BCUT2D eigenvalue weighted by Crippen LogP contribution is 2.55. The van der Waals surface area contributed by atoms with Gasteiger partial charge in [-0.2, -0.15) is 0 Å². The molecule has 1 amide bonds. The van der Waals surface area contributed by atoms with E-state index < -0.39 is 17.2 Å². The second-order valence-electron chi connectivity index (χ2n) is 9.98. The normalized spacial score (nSPS) is 30.3. The third-order valence-corrected chi connectivity index (χ3v) is 7.64. The number of aryl methyl sites for hydroxylation is 1. The summed E-state index contributed by atoms with van der Waals surface area (Å²) in [6.45, 7) is 2.02. The SMILES string of the molecule is CCCc1cc(C(=O)c2ncccc2F)ccc1C(=O)NC1C2CC3CC1CC(O)(C3)C2. The fourth-order valence-electron chi connectivity index (χ4n) is 6.57. The van der Waals surface area contributed by atoms with Crippen LogP contribution in [0.15, 0.2) is 36.5 Å². The molecule has 168 valence electrons. The molecule has 1 aromatic carbocycles. The molecular weight excluding hydrogens is 407 g/mol. The van der Waals surface area contributed by atoms with Crippen molar-refractivity contribution in [3.8, 4) is 0 Å². The molecule has 1 aromatic heterocycles. The third-order valence-electron chi connectivity index (χ3n) is 7.64. The number of amides is 1. The third kappa shape index (κ3) is 3.75. The number of halogens is 1. The van der Waals surface area contributed by atoms with Crippen LogP contribution in [0.1, 0.15) is 77.4 Å². The molecule has 5 nitrogen and oxygen atoms in total. The molecule has 4 bridgehead atoms. The Kier molecular flexibility index (Phi) is 5.36. The molecule has 0 aliphatic heterocycles. The molecule has 4 saturated carbocycles. The summed E-state index contributed by atoms with van der Waals surface area (Å²) in [6, 6.07) is 7.73. The molecule has 0 radical (unpaired) electrons. The highest BCUT2D eigenvalue weighted by molar-refractivity contribution is 6.08. The lowest BCUT2D eigenvalue weighted by atomic mass is 9.52. The van der Waals surface area contributed by atoms with Crippen molar-refractivity contribution in [1.82, 2.24) is 10.3 Å². The minimum absolute atomic E-state index is 0.0951. The van der Waals surface area contributed by atoms with Gasteiger partial charge in [-0.25, -0.2) is 9.37 Å². The number of hydrogen-bond donors (Lipinski definition) is 2. The molecule has 1 heterocycles. The summed E-state index contributed by atoms with van der Waals surface area (Å²) < 4.78 is 14.0. The molecular formula is C26H29FN2O3. The topological polar surface area (TPSA) is 79.3 Å². The van der Waals surface area contributed by atoms with Crippen LogP contribution in [0.5, 0.6) is 0 Å². The maximum atomic E-state index is 14.0. The van der Waals surface area contributed by atoms with E-state index in [9.17, 15) is 19.1 Å². The van der Waals surface area contributed by atoms with Crippen molar-refractivity contribution in [2.24, 2.45) is 17.8 Å². The van der Waals surface area contributed by atoms with E-state index in [2.05, 4.69) is 10.3 Å². The van der Waals surface area contributed by atoms with Crippen LogP contribution in [0.2, 0.25) is 0 Å². The minimum Gasteiger partial charge on any atom is -0.390 e. The number of ketones is 1. The van der Waals surface area contributed by atoms with Gasteiger partial charge in [-0.15, -0.1) is 0 Å². The zero-order valence-electron chi connectivity index (χ0n) is 18.3. The number of pyridine rings is 1. The number of aromatic nitrogens is 1. The fourth-order valence-corrected chi connectivity index (χ4v) is 6.57. The first-order valence-corrected chi connectivity index (χ1v) is 11.7. The molecule has 32 heavy (non-hydrogen) atoms. The Labute approximate surface area is 187 Å². The Morgan fingerprint density at radius 3 is 2.59 bits per heavy atom. The van der Waals surface area contributed by atoms with Gasteiger partial charge in [-0.3, -0.25) is 9.59 Å². The van der Waals surface area contributed by atoms with E-state index in [1.165, 1.54) is 18.3 Å². The Morgan fingerprint density at radius 2 is 1.94 bits per heavy atom. The van der Waals surface area contributed by atoms with Gasteiger partial charge in [0.25, 0.3) is 5.91 Å². The molecule has 2 unspecified atom stereocenters. The standard InChI is InChI=1S/C26H29FN2O3/c1-2-4-16-11-17(24(30)23-21(27)5-3-8-28-23)6-7-20(16)25(31)29-22-18-9-15-10-19(22)14-26(32,12-15)13-18/h3,5-8,11,15,18-19,22,32H,2,4,9-10,12-14H2,1H3,(H,29,31). The van der Waals surface area contributed by atoms with Gasteiger partial charge in [0.15, 0.2) is 5.82 Å². The molecule has 4 aliphatic rings. The molecule has 2 aromatic rings. The van der Waals surface area contributed by atoms with Crippen LogP contribution in [0, 0.1) is 23.6 Å². The van der Waals surface area contributed by atoms with Crippen LogP contribution in [0.4, 0.5) is 4.39 Å². The molecule has 2 N–H and O–H groups in total. The summed E-state index contributed by atoms with van der Waals surface area (Å²) in [7, 11) is 0. The van der Waals surface area contributed by atoms with Crippen molar-refractivity contribution in [2.45, 2.75) is 63.5 Å². The van der Waals surface area contributed by atoms with E-state index in [1.807, 2.05) is 6.92 Å². The van der Waals surface area contributed by atoms with Crippen molar-refractivity contribution in [2.75, 3.05) is 0 Å². The molecule has 4 fully saturated rings. The molecule has 6 rings (SSSR count). The predicted molar refractivity (Wildman–Crippen MR) is 118 cm³/mol. The van der Waals surface area contributed by atoms with E-state index in [0.29, 0.717) is 35.3 Å². The van der Waals surface area contributed by atoms with Gasteiger partial charge in [0.05, 0.1) is 5.60 Å². The lowest BCUT2D eigenvalue weighted by Gasteiger charge is -2.58. The summed E-state index contributed by atoms with van der Waals surface area (Å²) in [5, 5.41) is 14.1. The van der Waals surface area contributed by atoms with E-state index >= 15 is 0 Å². The van der Waals surface area contributed by atoms with Crippen LogP contribution < -0.4 is 5.32 Å². The van der Waals surface area contributed by atoms with Crippen LogP contribution in [0.25, 0.3) is 0 Å². The van der Waals surface area contributed by atoms with Gasteiger partial charge in [-0.05, 0) is 86.1 Å². The van der Waals surface area contributed by atoms with Crippen molar-refractivity contribution < 1.29 is 19.1 Å². The first kappa shape index (κ1) is 21.3. The van der Waals surface area contributed by atoms with Crippen LogP contribution in [-0.2, 0) is 6.42 Å². The van der Waals surface area contributed by atoms with Crippen LogP contribution in [-0.4, -0.2) is 33.4 Å². The average molecular weight is 437 g/mol. The van der Waals surface area contributed by atoms with Crippen LogP contribution in [0.3, 0.4) is 0 Å². The Hall–Kier alpha value is -2.60. The summed E-state index contributed by atoms with van der Waals surface area (Å²) >= 11 is 0. The lowest BCUT2D eigenvalue weighted by molar-refractivity contribution is -0.136. The van der Waals surface area contributed by atoms with Crippen molar-refractivity contribution >= 4 is 11.7 Å². The van der Waals surface area contributed by atoms with E-state index in [1.54, 1.807) is 18.2 Å². The first-order valence-electron chi connectivity index (χ1n) is 11.7. The van der Waals surface area contributed by atoms with Gasteiger partial charge in [0.2, 0.25) is 5.78 Å². The number of carbonyl (C=O) groups excluding carboxylic acids is 2. The molecule has 0 saturated heterocycles. The second kappa shape index (κ2) is 8.07. The number of aliphatic hydroxyl groups is 1. The highest BCUT2D eigenvalue weighted by atomic mass is 19.1. The number of nitrogens with one attached hydrogen (secondary N) is 1. The fraction of sp³-hybridized carbons (Fsp3) is 0.500. The van der Waals surface area contributed by atoms with E-state index in [0.717, 1.165) is 44.1 Å². The first-order chi connectivity index (χ1) is 15.4. The van der Waals surface area contributed by atoms with Gasteiger partial charge in [0, 0.05) is 23.4 Å². The predicted octanol–water partition coefficient (Wildman–Crippen LogP) is 4.07. The number of nitrogens with zero attached hydrogens (tertiary/aromatic N) is 1. The van der Waals surface area contributed by atoms with Gasteiger partial charge in [-0.1, -0.05) is 19.4 Å². The molecule has 4 aliphatic carbocycles. The summed E-state index contributed by atoms with van der Waals surface area (Å²) in [4.78, 5) is 30.0. The van der Waals surface area contributed by atoms with Crippen LogP contribution >= 0.6 is 0 Å². The smallest absolute Gasteiger partial charge is 0.251 e. The number of carbonyl (C=O) groups is 2. The summed E-state index contributed by atoms with van der Waals surface area (Å²) in [6.07, 6.45) is 7.47. The minimum atomic E-state index is -0.653. The molecule has 2 atom stereocenters. The maximum Gasteiger partial charge on any atom is 0.251 e. The monoisotopic (exact) mass is 436 g/mol. The largest absolute Gasteiger partial charge is 0.390 e. The quantitative estimate of drug-likeness (QED) is 0.669. The van der Waals surface area contributed by atoms with Gasteiger partial charge < -0.3 is 10.4 Å². The zero-order valence-corrected chi connectivity index (χ0v) is 18.3. The molecule has 6 heteroatoms. The van der Waals surface area contributed by atoms with Crippen molar-refractivity contribution in [3.63, 3.8) is 0 Å². The van der Waals surface area contributed by atoms with Crippen molar-refractivity contribution in [1.29, 1.82) is 0 Å². The Balaban J connectivity index is 1.38. The van der Waals surface area contributed by atoms with Gasteiger partial charge in [0.1, 0.15) is 5.69 Å². The number of rotatable bonds is 6. The average Bonchev–Trinajstić information content (AvgIpc) is 2.75. The van der Waals surface area contributed by atoms with E-state index in [-0.39, 0.29) is 17.6 Å². The highest BCUT2D eigenvalue weighted by Gasteiger charge is 2.55. The summed E-state index contributed by atoms with van der Waals surface area (Å²) in [5.41, 5.74) is 0.943. The van der Waals surface area contributed by atoms with E-state index in [4.69, 9.17) is 0 Å².